The molecule has 10 heavy (non-hydrogen) atoms. The third kappa shape index (κ3) is 1.79. The van der Waals surface area contributed by atoms with E-state index in [0.717, 1.165) is 0 Å². The fourth-order valence-electron chi connectivity index (χ4n) is 0.621. The van der Waals surface area contributed by atoms with Gasteiger partial charge in [-0.05, 0) is 12.1 Å². The lowest BCUT2D eigenvalue weighted by molar-refractivity contribution is 0.388. The second kappa shape index (κ2) is 3.69. The van der Waals surface area contributed by atoms with E-state index < -0.39 is 0 Å². The lowest BCUT2D eigenvalue weighted by Crippen LogP contribution is -1.88. The summed E-state index contributed by atoms with van der Waals surface area (Å²) in [4.78, 5) is 0. The molecule has 0 spiro atoms. The average molecular weight is 177 g/mol. The molecule has 0 aliphatic rings. The third-order valence-corrected chi connectivity index (χ3v) is 1.47. The van der Waals surface area contributed by atoms with Crippen LogP contribution in [0.3, 0.4) is 0 Å². The fourth-order valence-corrected chi connectivity index (χ4v) is 0.928. The van der Waals surface area contributed by atoms with Crippen molar-refractivity contribution in [2.75, 3.05) is 6.07 Å². The van der Waals surface area contributed by atoms with Gasteiger partial charge in [-0.1, -0.05) is 35.3 Å². The van der Waals surface area contributed by atoms with Crippen molar-refractivity contribution in [1.82, 2.24) is 0 Å². The maximum Gasteiger partial charge on any atom is 0.162 e. The SMILES string of the molecule is ClCOc1ccccc1Cl. The van der Waals surface area contributed by atoms with Crippen LogP contribution in [0.25, 0.3) is 0 Å². The molecule has 54 valence electrons. The van der Waals surface area contributed by atoms with Crippen molar-refractivity contribution in [2.24, 2.45) is 0 Å². The molecule has 0 aromatic heterocycles. The highest BCUT2D eigenvalue weighted by Crippen LogP contribution is 2.22. The monoisotopic (exact) mass is 176 g/mol. The number of rotatable bonds is 2. The summed E-state index contributed by atoms with van der Waals surface area (Å²) in [6.45, 7) is 0. The normalized spacial score (nSPS) is 9.40. The number of hydrogen-bond acceptors (Lipinski definition) is 1. The summed E-state index contributed by atoms with van der Waals surface area (Å²) in [5, 5.41) is 0.586. The number of halogens is 2. The van der Waals surface area contributed by atoms with Crippen LogP contribution in [0.1, 0.15) is 0 Å². The number of benzene rings is 1. The molecule has 0 N–H and O–H groups in total. The first-order chi connectivity index (χ1) is 4.84. The second-order valence-electron chi connectivity index (χ2n) is 1.68. The van der Waals surface area contributed by atoms with E-state index in [0.29, 0.717) is 10.8 Å². The second-order valence-corrected chi connectivity index (χ2v) is 2.31. The van der Waals surface area contributed by atoms with Crippen LogP contribution in [0.4, 0.5) is 0 Å². The van der Waals surface area contributed by atoms with E-state index in [-0.39, 0.29) is 6.07 Å². The summed E-state index contributed by atoms with van der Waals surface area (Å²) in [5.74, 6) is 0.624. The van der Waals surface area contributed by atoms with Crippen LogP contribution in [0, 0.1) is 0 Å². The first kappa shape index (κ1) is 7.70. The molecule has 0 aliphatic heterocycles. The van der Waals surface area contributed by atoms with E-state index in [2.05, 4.69) is 0 Å². The maximum absolute atomic E-state index is 5.72. The van der Waals surface area contributed by atoms with Crippen LogP contribution in [-0.4, -0.2) is 6.07 Å². The van der Waals surface area contributed by atoms with E-state index in [1.54, 1.807) is 12.1 Å². The van der Waals surface area contributed by atoms with Crippen molar-refractivity contribution in [1.29, 1.82) is 0 Å². The van der Waals surface area contributed by atoms with Crippen molar-refractivity contribution in [2.45, 2.75) is 0 Å². The minimum atomic E-state index is 0.129. The molecule has 0 bridgehead atoms. The van der Waals surface area contributed by atoms with E-state index in [9.17, 15) is 0 Å². The van der Waals surface area contributed by atoms with E-state index in [1.807, 2.05) is 12.1 Å². The Morgan fingerprint density at radius 3 is 2.60 bits per heavy atom. The lowest BCUT2D eigenvalue weighted by Gasteiger charge is -2.01. The van der Waals surface area contributed by atoms with Crippen LogP contribution >= 0.6 is 23.2 Å². The zero-order valence-electron chi connectivity index (χ0n) is 5.18. The van der Waals surface area contributed by atoms with Gasteiger partial charge in [0.25, 0.3) is 0 Å². The van der Waals surface area contributed by atoms with Crippen LogP contribution in [-0.2, 0) is 0 Å². The smallest absolute Gasteiger partial charge is 0.162 e. The number of para-hydroxylation sites is 1. The summed E-state index contributed by atoms with van der Waals surface area (Å²) in [6.07, 6.45) is 0. The molecule has 0 saturated heterocycles. The Kier molecular flexibility index (Phi) is 2.84. The van der Waals surface area contributed by atoms with Gasteiger partial charge in [-0.2, -0.15) is 0 Å². The molecule has 0 radical (unpaired) electrons. The molecule has 0 aliphatic carbocycles. The Labute approximate surface area is 69.5 Å². The van der Waals surface area contributed by atoms with E-state index >= 15 is 0 Å². The molecule has 1 aromatic carbocycles. The molecular weight excluding hydrogens is 171 g/mol. The van der Waals surface area contributed by atoms with Crippen molar-refractivity contribution < 1.29 is 4.74 Å². The Morgan fingerprint density at radius 2 is 2.00 bits per heavy atom. The van der Waals surface area contributed by atoms with Crippen LogP contribution in [0.2, 0.25) is 5.02 Å². The molecule has 0 saturated carbocycles. The summed E-state index contributed by atoms with van der Waals surface area (Å²) in [7, 11) is 0. The Bertz CT molecular complexity index is 213. The molecule has 1 rings (SSSR count). The van der Waals surface area contributed by atoms with Crippen molar-refractivity contribution in [3.05, 3.63) is 29.3 Å². The summed E-state index contributed by atoms with van der Waals surface area (Å²) < 4.78 is 4.97. The first-order valence-corrected chi connectivity index (χ1v) is 3.69. The quantitative estimate of drug-likeness (QED) is 0.631. The van der Waals surface area contributed by atoms with Crippen LogP contribution in [0.5, 0.6) is 5.75 Å². The largest absolute Gasteiger partial charge is 0.476 e. The average Bonchev–Trinajstić information content (AvgIpc) is 1.94. The van der Waals surface area contributed by atoms with E-state index in [1.165, 1.54) is 0 Å². The van der Waals surface area contributed by atoms with E-state index in [4.69, 9.17) is 27.9 Å². The Hall–Kier alpha value is -0.400. The third-order valence-electron chi connectivity index (χ3n) is 1.05. The predicted molar refractivity (Wildman–Crippen MR) is 42.8 cm³/mol. The molecule has 3 heteroatoms. The zero-order valence-corrected chi connectivity index (χ0v) is 6.69. The molecule has 0 fully saturated rings. The molecule has 0 unspecified atom stereocenters. The Balaban J connectivity index is 2.81. The first-order valence-electron chi connectivity index (χ1n) is 2.78. The van der Waals surface area contributed by atoms with Gasteiger partial charge in [0.1, 0.15) is 5.75 Å². The molecule has 1 nitrogen and oxygen atoms in total. The molecule has 1 aromatic rings. The van der Waals surface area contributed by atoms with Gasteiger partial charge in [-0.3, -0.25) is 0 Å². The van der Waals surface area contributed by atoms with Gasteiger partial charge in [0.2, 0.25) is 0 Å². The van der Waals surface area contributed by atoms with Crippen LogP contribution in [0.15, 0.2) is 24.3 Å². The minimum Gasteiger partial charge on any atom is -0.476 e. The maximum atomic E-state index is 5.72. The molecular formula is C7H6Cl2O. The topological polar surface area (TPSA) is 9.23 Å². The standard InChI is InChI=1S/C7H6Cl2O/c8-5-10-7-4-2-1-3-6(7)9/h1-4H,5H2. The highest BCUT2D eigenvalue weighted by atomic mass is 35.5. The van der Waals surface area contributed by atoms with Gasteiger partial charge >= 0.3 is 0 Å². The summed E-state index contributed by atoms with van der Waals surface area (Å²) in [5.41, 5.74) is 0. The fraction of sp³-hybridized carbons (Fsp3) is 0.143. The lowest BCUT2D eigenvalue weighted by atomic mass is 10.3. The van der Waals surface area contributed by atoms with Gasteiger partial charge in [0.05, 0.1) is 5.02 Å². The summed E-state index contributed by atoms with van der Waals surface area (Å²) in [6, 6.07) is 7.33. The van der Waals surface area contributed by atoms with Gasteiger partial charge in [-0.25, -0.2) is 0 Å². The minimum absolute atomic E-state index is 0.129. The van der Waals surface area contributed by atoms with Gasteiger partial charge < -0.3 is 4.74 Å². The Morgan fingerprint density at radius 1 is 1.30 bits per heavy atom. The molecule has 0 atom stereocenters. The molecule has 0 amide bonds. The van der Waals surface area contributed by atoms with Crippen molar-refractivity contribution in [3.63, 3.8) is 0 Å². The van der Waals surface area contributed by atoms with Crippen LogP contribution < -0.4 is 4.74 Å². The van der Waals surface area contributed by atoms with Gasteiger partial charge in [-0.15, -0.1) is 0 Å². The number of hydrogen-bond donors (Lipinski definition) is 0. The van der Waals surface area contributed by atoms with Gasteiger partial charge in [0.15, 0.2) is 6.07 Å². The summed E-state index contributed by atoms with van der Waals surface area (Å²) >= 11 is 11.0. The van der Waals surface area contributed by atoms with Crippen molar-refractivity contribution >= 4 is 23.2 Å². The highest BCUT2D eigenvalue weighted by molar-refractivity contribution is 6.32. The van der Waals surface area contributed by atoms with Gasteiger partial charge in [0, 0.05) is 0 Å². The predicted octanol–water partition coefficient (Wildman–Crippen LogP) is 2.92. The highest BCUT2D eigenvalue weighted by Gasteiger charge is 1.96. The number of ether oxygens (including phenoxy) is 1. The zero-order chi connectivity index (χ0) is 7.40. The number of alkyl halides is 1. The van der Waals surface area contributed by atoms with Crippen molar-refractivity contribution in [3.8, 4) is 5.75 Å². The molecule has 0 heterocycles.